The lowest BCUT2D eigenvalue weighted by atomic mass is 10.2. The first-order chi connectivity index (χ1) is 14.5. The van der Waals surface area contributed by atoms with Crippen LogP contribution in [0, 0.1) is 12.7 Å². The molecule has 0 bridgehead atoms. The first kappa shape index (κ1) is 21.3. The zero-order chi connectivity index (χ0) is 21.5. The Bertz CT molecular complexity index is 1090. The molecule has 0 fully saturated rings. The number of hydrogen-bond acceptors (Lipinski definition) is 4. The molecule has 7 heteroatoms. The summed E-state index contributed by atoms with van der Waals surface area (Å²) in [5, 5.41) is 5.26. The number of benzene rings is 2. The molecule has 0 aliphatic carbocycles. The maximum atomic E-state index is 13.9. The molecule has 1 heterocycles. The highest BCUT2D eigenvalue weighted by molar-refractivity contribution is 7.16. The molecule has 154 valence electrons. The van der Waals surface area contributed by atoms with Gasteiger partial charge in [0.2, 0.25) is 11.8 Å². The van der Waals surface area contributed by atoms with Gasteiger partial charge in [0.25, 0.3) is 0 Å². The zero-order valence-electron chi connectivity index (χ0n) is 16.6. The molecule has 0 aliphatic heterocycles. The fourth-order valence-corrected chi connectivity index (χ4v) is 3.68. The van der Waals surface area contributed by atoms with Gasteiger partial charge in [-0.25, -0.2) is 4.39 Å². The van der Waals surface area contributed by atoms with Crippen molar-refractivity contribution in [2.75, 3.05) is 19.0 Å². The molecule has 0 unspecified atom stereocenters. The molecule has 3 rings (SSSR count). The molecule has 0 aliphatic rings. The second-order valence-corrected chi connectivity index (χ2v) is 7.60. The number of halogens is 1. The summed E-state index contributed by atoms with van der Waals surface area (Å²) in [6.07, 6.45) is 2.98. The third-order valence-electron chi connectivity index (χ3n) is 4.22. The smallest absolute Gasteiger partial charge is 0.244 e. The average Bonchev–Trinajstić information content (AvgIpc) is 3.20. The summed E-state index contributed by atoms with van der Waals surface area (Å²) in [4.78, 5) is 25.7. The van der Waals surface area contributed by atoms with Gasteiger partial charge in [-0.2, -0.15) is 0 Å². The van der Waals surface area contributed by atoms with Gasteiger partial charge in [-0.15, -0.1) is 11.3 Å². The molecule has 1 aromatic heterocycles. The van der Waals surface area contributed by atoms with E-state index in [2.05, 4.69) is 10.6 Å². The lowest BCUT2D eigenvalue weighted by molar-refractivity contribution is -0.121. The molecule has 5 nitrogen and oxygen atoms in total. The van der Waals surface area contributed by atoms with E-state index >= 15 is 0 Å². The summed E-state index contributed by atoms with van der Waals surface area (Å²) >= 11 is 1.37. The maximum Gasteiger partial charge on any atom is 0.244 e. The van der Waals surface area contributed by atoms with Crippen LogP contribution < -0.4 is 15.4 Å². The second-order valence-electron chi connectivity index (χ2n) is 6.48. The summed E-state index contributed by atoms with van der Waals surface area (Å²) in [6, 6.07) is 15.6. The first-order valence-electron chi connectivity index (χ1n) is 9.21. The van der Waals surface area contributed by atoms with Crippen LogP contribution in [0.15, 0.2) is 60.7 Å². The van der Waals surface area contributed by atoms with Crippen molar-refractivity contribution in [1.29, 1.82) is 0 Å². The molecule has 2 N–H and O–H groups in total. The number of methoxy groups -OCH3 is 1. The number of amides is 2. The molecule has 2 aromatic carbocycles. The van der Waals surface area contributed by atoms with Crippen LogP contribution in [0.3, 0.4) is 0 Å². The van der Waals surface area contributed by atoms with Crippen molar-refractivity contribution in [2.24, 2.45) is 0 Å². The van der Waals surface area contributed by atoms with E-state index in [-0.39, 0.29) is 18.3 Å². The predicted molar refractivity (Wildman–Crippen MR) is 118 cm³/mol. The Hall–Kier alpha value is -3.45. The van der Waals surface area contributed by atoms with Crippen LogP contribution in [0.25, 0.3) is 16.5 Å². The first-order valence-corrected chi connectivity index (χ1v) is 10.0. The fourth-order valence-electron chi connectivity index (χ4n) is 2.75. The highest BCUT2D eigenvalue weighted by atomic mass is 32.1. The van der Waals surface area contributed by atoms with E-state index in [1.54, 1.807) is 36.4 Å². The monoisotopic (exact) mass is 424 g/mol. The Morgan fingerprint density at radius 3 is 2.70 bits per heavy atom. The van der Waals surface area contributed by atoms with E-state index in [1.807, 2.05) is 25.1 Å². The fraction of sp³-hybridized carbons (Fsp3) is 0.130. The van der Waals surface area contributed by atoms with Crippen LogP contribution >= 0.6 is 11.3 Å². The van der Waals surface area contributed by atoms with Gasteiger partial charge in [0.15, 0.2) is 0 Å². The van der Waals surface area contributed by atoms with Gasteiger partial charge in [0.05, 0.1) is 19.3 Å². The lowest BCUT2D eigenvalue weighted by Gasteiger charge is -2.11. The van der Waals surface area contributed by atoms with Gasteiger partial charge in [-0.1, -0.05) is 24.3 Å². The van der Waals surface area contributed by atoms with Crippen LogP contribution in [-0.2, 0) is 9.59 Å². The Balaban J connectivity index is 1.54. The van der Waals surface area contributed by atoms with Crippen LogP contribution in [0.5, 0.6) is 5.75 Å². The Kier molecular flexibility index (Phi) is 6.98. The summed E-state index contributed by atoms with van der Waals surface area (Å²) in [7, 11) is 1.52. The number of aryl methyl sites for hydroxylation is 1. The Morgan fingerprint density at radius 2 is 1.93 bits per heavy atom. The van der Waals surface area contributed by atoms with E-state index in [0.717, 1.165) is 15.3 Å². The van der Waals surface area contributed by atoms with E-state index < -0.39 is 5.91 Å². The van der Waals surface area contributed by atoms with Crippen LogP contribution in [0.4, 0.5) is 10.1 Å². The normalized spacial score (nSPS) is 10.8. The van der Waals surface area contributed by atoms with E-state index in [9.17, 15) is 14.0 Å². The molecule has 0 saturated heterocycles. The lowest BCUT2D eigenvalue weighted by Crippen LogP contribution is -2.31. The third kappa shape index (κ3) is 5.55. The number of ether oxygens (including phenoxy) is 1. The van der Waals surface area contributed by atoms with Gasteiger partial charge >= 0.3 is 0 Å². The number of carbonyl (C=O) groups excluding carboxylic acids is 2. The summed E-state index contributed by atoms with van der Waals surface area (Å²) in [5.74, 6) is -0.506. The molecule has 0 spiro atoms. The third-order valence-corrected chi connectivity index (χ3v) is 5.30. The zero-order valence-corrected chi connectivity index (χ0v) is 17.4. The average molecular weight is 424 g/mol. The molecule has 0 radical (unpaired) electrons. The summed E-state index contributed by atoms with van der Waals surface area (Å²) in [5.41, 5.74) is 2.05. The van der Waals surface area contributed by atoms with E-state index in [1.165, 1.54) is 30.6 Å². The van der Waals surface area contributed by atoms with Crippen LogP contribution in [0.1, 0.15) is 10.4 Å². The molecular formula is C23H21FN2O3S. The summed E-state index contributed by atoms with van der Waals surface area (Å²) < 4.78 is 19.1. The standard InChI is InChI=1S/C23H21FN2O3S/c1-15-7-10-20(29-2)19(13-15)26-23(28)14-25-22(27)12-9-16-8-11-21(30-16)17-5-3-4-6-18(17)24/h3-13H,14H2,1-2H3,(H,25,27)(H,26,28)/b12-9+. The molecule has 0 saturated carbocycles. The molecule has 2 amide bonds. The minimum absolute atomic E-state index is 0.175. The Morgan fingerprint density at radius 1 is 1.13 bits per heavy atom. The number of anilines is 1. The maximum absolute atomic E-state index is 13.9. The van der Waals surface area contributed by atoms with Crippen molar-refractivity contribution in [3.63, 3.8) is 0 Å². The van der Waals surface area contributed by atoms with Crippen molar-refractivity contribution in [3.05, 3.63) is 76.9 Å². The van der Waals surface area contributed by atoms with Crippen molar-refractivity contribution in [3.8, 4) is 16.2 Å². The van der Waals surface area contributed by atoms with Crippen molar-refractivity contribution >= 4 is 34.9 Å². The highest BCUT2D eigenvalue weighted by Gasteiger charge is 2.09. The number of nitrogens with one attached hydrogen (secondary N) is 2. The predicted octanol–water partition coefficient (Wildman–Crippen LogP) is 4.64. The van der Waals surface area contributed by atoms with Gasteiger partial charge in [-0.3, -0.25) is 9.59 Å². The van der Waals surface area contributed by atoms with E-state index in [4.69, 9.17) is 4.74 Å². The topological polar surface area (TPSA) is 67.4 Å². The number of thiophene rings is 1. The van der Waals surface area contributed by atoms with Gasteiger partial charge in [0, 0.05) is 21.4 Å². The van der Waals surface area contributed by atoms with Crippen LogP contribution in [-0.4, -0.2) is 25.5 Å². The summed E-state index contributed by atoms with van der Waals surface area (Å²) in [6.45, 7) is 1.73. The quantitative estimate of drug-likeness (QED) is 0.543. The minimum Gasteiger partial charge on any atom is -0.495 e. The SMILES string of the molecule is COc1ccc(C)cc1NC(=O)CNC(=O)/C=C/c1ccc(-c2ccccc2F)s1. The molecule has 3 aromatic rings. The van der Waals surface area contributed by atoms with Crippen molar-refractivity contribution in [2.45, 2.75) is 6.92 Å². The van der Waals surface area contributed by atoms with Gasteiger partial charge in [0.1, 0.15) is 11.6 Å². The number of rotatable bonds is 7. The highest BCUT2D eigenvalue weighted by Crippen LogP contribution is 2.30. The van der Waals surface area contributed by atoms with Crippen molar-refractivity contribution < 1.29 is 18.7 Å². The largest absolute Gasteiger partial charge is 0.495 e. The molecule has 30 heavy (non-hydrogen) atoms. The second kappa shape index (κ2) is 9.84. The molecule has 0 atom stereocenters. The van der Waals surface area contributed by atoms with Gasteiger partial charge in [-0.05, 0) is 48.9 Å². The minimum atomic E-state index is -0.401. The Labute approximate surface area is 178 Å². The number of carbonyl (C=O) groups is 2. The van der Waals surface area contributed by atoms with E-state index in [0.29, 0.717) is 17.0 Å². The number of hydrogen-bond donors (Lipinski definition) is 2. The van der Waals surface area contributed by atoms with Crippen LogP contribution in [0.2, 0.25) is 0 Å². The van der Waals surface area contributed by atoms with Crippen molar-refractivity contribution in [1.82, 2.24) is 5.32 Å². The van der Waals surface area contributed by atoms with Gasteiger partial charge < -0.3 is 15.4 Å². The molecular weight excluding hydrogens is 403 g/mol.